The molecule has 15 heteroatoms. The highest BCUT2D eigenvalue weighted by Crippen LogP contribution is 2.46. The number of hydroxylamine groups is 2. The lowest BCUT2D eigenvalue weighted by Crippen LogP contribution is -2.80. The Morgan fingerprint density at radius 1 is 1.50 bits per heavy atom. The van der Waals surface area contributed by atoms with Crippen LogP contribution in [0.25, 0.3) is 0 Å². The van der Waals surface area contributed by atoms with E-state index in [-0.39, 0.29) is 5.96 Å². The van der Waals surface area contributed by atoms with Crippen molar-refractivity contribution in [3.8, 4) is 0 Å². The number of guanidine groups is 2. The highest BCUT2D eigenvalue weighted by molar-refractivity contribution is 7.80. The first-order valence-electron chi connectivity index (χ1n) is 6.62. The predicted octanol–water partition coefficient (Wildman–Crippen LogP) is -4.85. The van der Waals surface area contributed by atoms with E-state index in [1.807, 2.05) is 0 Å². The molecule has 0 bridgehead atoms. The SMILES string of the molecule is N=C1N(O)[C@H](CO)[C@@H]2N=C(N)NC23N1C[C@@H](OS(=O)(=O)O)C3(O)O. The van der Waals surface area contributed by atoms with Crippen LogP contribution in [0.2, 0.25) is 0 Å². The van der Waals surface area contributed by atoms with Gasteiger partial charge in [-0.25, -0.2) is 14.2 Å². The van der Waals surface area contributed by atoms with E-state index in [0.717, 1.165) is 4.90 Å². The van der Waals surface area contributed by atoms with Gasteiger partial charge in [-0.05, 0) is 0 Å². The number of aliphatic hydroxyl groups excluding tert-OH is 1. The fourth-order valence-electron chi connectivity index (χ4n) is 3.42. The monoisotopic (exact) mass is 368 g/mol. The van der Waals surface area contributed by atoms with Crippen molar-refractivity contribution in [3.05, 3.63) is 0 Å². The van der Waals surface area contributed by atoms with Gasteiger partial charge in [0.2, 0.25) is 11.7 Å². The third-order valence-corrected chi connectivity index (χ3v) is 4.86. The molecule has 0 aromatic heterocycles. The van der Waals surface area contributed by atoms with Crippen LogP contribution in [0.5, 0.6) is 0 Å². The summed E-state index contributed by atoms with van der Waals surface area (Å²) in [7, 11) is -5.06. The molecule has 0 saturated carbocycles. The molecule has 0 aromatic carbocycles. The van der Waals surface area contributed by atoms with Gasteiger partial charge in [-0.2, -0.15) is 8.42 Å². The summed E-state index contributed by atoms with van der Waals surface area (Å²) in [5.74, 6) is -3.98. The molecule has 1 spiro atoms. The van der Waals surface area contributed by atoms with Crippen LogP contribution in [0.1, 0.15) is 0 Å². The maximum absolute atomic E-state index is 11.0. The van der Waals surface area contributed by atoms with Crippen LogP contribution in [-0.4, -0.2) is 98.2 Å². The average Bonchev–Trinajstić information content (AvgIpc) is 2.89. The molecule has 2 saturated heterocycles. The number of aliphatic hydroxyl groups is 3. The Kier molecular flexibility index (Phi) is 3.48. The third kappa shape index (κ3) is 2.00. The van der Waals surface area contributed by atoms with Crippen molar-refractivity contribution >= 4 is 22.3 Å². The lowest BCUT2D eigenvalue weighted by molar-refractivity contribution is -0.265. The van der Waals surface area contributed by atoms with Gasteiger partial charge >= 0.3 is 10.4 Å². The van der Waals surface area contributed by atoms with Crippen LogP contribution in [-0.2, 0) is 14.6 Å². The van der Waals surface area contributed by atoms with Gasteiger partial charge in [0.05, 0.1) is 13.2 Å². The van der Waals surface area contributed by atoms with Crippen molar-refractivity contribution < 1.29 is 37.7 Å². The lowest BCUT2D eigenvalue weighted by atomic mass is 9.85. The lowest BCUT2D eigenvalue weighted by Gasteiger charge is -2.52. The van der Waals surface area contributed by atoms with Crippen LogP contribution in [0.4, 0.5) is 0 Å². The Labute approximate surface area is 135 Å². The highest BCUT2D eigenvalue weighted by Gasteiger charge is 2.75. The third-order valence-electron chi connectivity index (χ3n) is 4.39. The smallest absolute Gasteiger partial charge is 0.394 e. The van der Waals surface area contributed by atoms with Gasteiger partial charge in [-0.15, -0.1) is 0 Å². The molecular weight excluding hydrogens is 352 g/mol. The number of nitrogens with two attached hydrogens (primary N) is 1. The molecule has 2 fully saturated rings. The second kappa shape index (κ2) is 4.88. The standard InChI is InChI=1S/C9H16N6O8S/c10-6-12-5-3(2-16)15(19)7(11)14-1-4(23-24(20,21)22)9(17,18)8(5,14)13-6/h3-5,11,16-19H,1-2H2,(H3,10,12,13)(H,20,21,22)/t3-,4-,5+,8?/m1/s1. The van der Waals surface area contributed by atoms with Crippen molar-refractivity contribution in [1.82, 2.24) is 15.3 Å². The molecule has 0 aliphatic carbocycles. The van der Waals surface area contributed by atoms with Crippen LogP contribution in [0, 0.1) is 5.41 Å². The fraction of sp³-hybridized carbons (Fsp3) is 0.778. The van der Waals surface area contributed by atoms with Crippen molar-refractivity contribution in [2.24, 2.45) is 10.7 Å². The topological polar surface area (TPSA) is 225 Å². The number of nitrogens with one attached hydrogen (secondary N) is 2. The van der Waals surface area contributed by atoms with E-state index in [0.29, 0.717) is 5.06 Å². The molecule has 24 heavy (non-hydrogen) atoms. The van der Waals surface area contributed by atoms with Crippen molar-refractivity contribution in [1.29, 1.82) is 5.41 Å². The fourth-order valence-corrected chi connectivity index (χ4v) is 3.91. The van der Waals surface area contributed by atoms with Gasteiger partial charge in [-0.3, -0.25) is 15.2 Å². The summed E-state index contributed by atoms with van der Waals surface area (Å²) in [4.78, 5) is 4.78. The molecule has 3 rings (SSSR count). The second-order valence-corrected chi connectivity index (χ2v) is 6.67. The van der Waals surface area contributed by atoms with E-state index in [2.05, 4.69) is 14.5 Å². The predicted molar refractivity (Wildman–Crippen MR) is 73.8 cm³/mol. The first-order chi connectivity index (χ1) is 11.0. The summed E-state index contributed by atoms with van der Waals surface area (Å²) in [5, 5.41) is 51.3. The van der Waals surface area contributed by atoms with Crippen LogP contribution >= 0.6 is 0 Å². The average molecular weight is 368 g/mol. The van der Waals surface area contributed by atoms with Gasteiger partial charge in [0.1, 0.15) is 12.1 Å². The molecule has 3 aliphatic rings. The zero-order valence-corrected chi connectivity index (χ0v) is 12.8. The van der Waals surface area contributed by atoms with E-state index in [4.69, 9.17) is 15.7 Å². The second-order valence-electron chi connectivity index (χ2n) is 5.62. The maximum atomic E-state index is 11.0. The molecule has 0 amide bonds. The Morgan fingerprint density at radius 2 is 2.12 bits per heavy atom. The molecule has 3 heterocycles. The summed E-state index contributed by atoms with van der Waals surface area (Å²) in [6.07, 6.45) is -1.94. The van der Waals surface area contributed by atoms with E-state index >= 15 is 0 Å². The summed E-state index contributed by atoms with van der Waals surface area (Å²) < 4.78 is 35.1. The van der Waals surface area contributed by atoms with Crippen molar-refractivity contribution in [2.75, 3.05) is 13.2 Å². The Morgan fingerprint density at radius 3 is 2.67 bits per heavy atom. The van der Waals surface area contributed by atoms with E-state index in [9.17, 15) is 28.9 Å². The Balaban J connectivity index is 2.13. The zero-order valence-electron chi connectivity index (χ0n) is 11.9. The van der Waals surface area contributed by atoms with Gasteiger partial charge < -0.3 is 31.3 Å². The molecule has 3 aliphatic heterocycles. The molecule has 0 radical (unpaired) electrons. The number of hydrogen-bond donors (Lipinski definition) is 8. The summed E-state index contributed by atoms with van der Waals surface area (Å²) in [5.41, 5.74) is 3.49. The summed E-state index contributed by atoms with van der Waals surface area (Å²) in [6, 6.07) is -2.57. The van der Waals surface area contributed by atoms with Gasteiger partial charge in [0.15, 0.2) is 17.7 Å². The van der Waals surface area contributed by atoms with Gasteiger partial charge in [-0.1, -0.05) is 0 Å². The molecule has 4 atom stereocenters. The molecule has 14 nitrogen and oxygen atoms in total. The van der Waals surface area contributed by atoms with Crippen molar-refractivity contribution in [2.45, 2.75) is 29.6 Å². The normalized spacial score (nSPS) is 37.8. The number of aliphatic imine (C=N–C) groups is 1. The largest absolute Gasteiger partial charge is 0.397 e. The minimum absolute atomic E-state index is 0.286. The van der Waals surface area contributed by atoms with Crippen LogP contribution < -0.4 is 11.1 Å². The first-order valence-corrected chi connectivity index (χ1v) is 7.99. The molecular formula is C9H16N6O8S. The van der Waals surface area contributed by atoms with E-state index in [1.54, 1.807) is 0 Å². The minimum atomic E-state index is -5.06. The van der Waals surface area contributed by atoms with E-state index < -0.39 is 59.1 Å². The summed E-state index contributed by atoms with van der Waals surface area (Å²) in [6.45, 7) is -1.34. The molecule has 9 N–H and O–H groups in total. The van der Waals surface area contributed by atoms with Gasteiger partial charge in [0, 0.05) is 0 Å². The molecule has 0 aromatic rings. The quantitative estimate of drug-likeness (QED) is 0.173. The van der Waals surface area contributed by atoms with Crippen LogP contribution in [0.3, 0.4) is 0 Å². The minimum Gasteiger partial charge on any atom is -0.394 e. The number of rotatable bonds is 3. The number of nitrogens with zero attached hydrogens (tertiary/aromatic N) is 3. The van der Waals surface area contributed by atoms with E-state index in [1.165, 1.54) is 0 Å². The van der Waals surface area contributed by atoms with Gasteiger partial charge in [0.25, 0.3) is 0 Å². The molecule has 1 unspecified atom stereocenters. The van der Waals surface area contributed by atoms with Crippen LogP contribution in [0.15, 0.2) is 4.99 Å². The van der Waals surface area contributed by atoms with Crippen molar-refractivity contribution in [3.63, 3.8) is 0 Å². The number of hydrogen-bond acceptors (Lipinski definition) is 11. The summed E-state index contributed by atoms with van der Waals surface area (Å²) >= 11 is 0. The highest BCUT2D eigenvalue weighted by atomic mass is 32.3. The first kappa shape index (κ1) is 17.1. The Bertz CT molecular complexity index is 711. The zero-order chi connectivity index (χ0) is 18.1. The maximum Gasteiger partial charge on any atom is 0.397 e. The Hall–Kier alpha value is -1.75. The molecule has 136 valence electrons.